The van der Waals surface area contributed by atoms with Crippen LogP contribution in [0, 0.1) is 0 Å². The molecule has 86 valence electrons. The van der Waals surface area contributed by atoms with Gasteiger partial charge in [-0.25, -0.2) is 0 Å². The third-order valence-electron chi connectivity index (χ3n) is 2.05. The van der Waals surface area contributed by atoms with Crippen LogP contribution in [0.1, 0.15) is 0 Å². The van der Waals surface area contributed by atoms with Crippen LogP contribution in [0.15, 0.2) is 0 Å². The van der Waals surface area contributed by atoms with Crippen molar-refractivity contribution in [2.45, 2.75) is 0 Å². The predicted octanol–water partition coefficient (Wildman–Crippen LogP) is -2.92. The topological polar surface area (TPSA) is 28.4 Å². The van der Waals surface area contributed by atoms with E-state index in [1.807, 2.05) is 18.7 Å². The van der Waals surface area contributed by atoms with Gasteiger partial charge < -0.3 is 22.0 Å². The van der Waals surface area contributed by atoms with E-state index in [-0.39, 0.29) is 12.4 Å². The summed E-state index contributed by atoms with van der Waals surface area (Å²) in [4.78, 5) is 7.94. The third kappa shape index (κ3) is 3.14. The lowest BCUT2D eigenvalue weighted by Crippen LogP contribution is -3.00. The van der Waals surface area contributed by atoms with Crippen LogP contribution < -0.4 is 26.7 Å². The number of hydrogen-bond acceptors (Lipinski definition) is 5. The molecule has 0 aromatic carbocycles. The molecule has 1 aliphatic rings. The Morgan fingerprint density at radius 1 is 1.27 bits per heavy atom. The molecule has 0 amide bonds. The number of rotatable bonds is 1. The molecule has 2 heterocycles. The number of morpholine rings is 1. The Bertz CT molecular complexity index is 366. The van der Waals surface area contributed by atoms with Gasteiger partial charge in [0.1, 0.15) is 0 Å². The van der Waals surface area contributed by atoms with Crippen LogP contribution in [-0.2, 0) is 4.74 Å². The summed E-state index contributed by atoms with van der Waals surface area (Å²) in [5.41, 5.74) is 0. The van der Waals surface area contributed by atoms with Gasteiger partial charge in [0.2, 0.25) is 0 Å². The minimum atomic E-state index is 0. The molecule has 0 spiro atoms. The summed E-state index contributed by atoms with van der Waals surface area (Å²) < 4.78 is 7.35. The van der Waals surface area contributed by atoms with Gasteiger partial charge in [-0.3, -0.25) is 4.58 Å². The Morgan fingerprint density at radius 2 is 1.93 bits per heavy atom. The van der Waals surface area contributed by atoms with Crippen LogP contribution >= 0.6 is 20.7 Å². The average Bonchev–Trinajstić information content (AvgIpc) is 2.68. The van der Waals surface area contributed by atoms with Crippen molar-refractivity contribution in [3.05, 3.63) is 4.80 Å². The Hall–Kier alpha value is -0.170. The first-order valence-electron chi connectivity index (χ1n) is 4.57. The van der Waals surface area contributed by atoms with E-state index in [1.54, 1.807) is 20.7 Å². The molecule has 0 unspecified atom stereocenters. The SMILES string of the molecule is C[N+](C)=c1nc(N2CCOCC2)ss1.[Cl-]. The molecule has 15 heavy (non-hydrogen) atoms. The van der Waals surface area contributed by atoms with Gasteiger partial charge in [-0.15, -0.1) is 0 Å². The van der Waals surface area contributed by atoms with Gasteiger partial charge in [0, 0.05) is 28.4 Å². The van der Waals surface area contributed by atoms with Gasteiger partial charge in [-0.05, 0) is 10.3 Å². The van der Waals surface area contributed by atoms with Crippen molar-refractivity contribution in [2.75, 3.05) is 45.3 Å². The fraction of sp³-hybridized carbons (Fsp3) is 0.750. The number of halogens is 1. The molecule has 1 fully saturated rings. The van der Waals surface area contributed by atoms with Crippen molar-refractivity contribution in [2.24, 2.45) is 0 Å². The maximum absolute atomic E-state index is 5.30. The van der Waals surface area contributed by atoms with E-state index in [4.69, 9.17) is 4.74 Å². The van der Waals surface area contributed by atoms with Crippen LogP contribution in [0.2, 0.25) is 0 Å². The van der Waals surface area contributed by atoms with E-state index >= 15 is 0 Å². The van der Waals surface area contributed by atoms with E-state index in [9.17, 15) is 0 Å². The van der Waals surface area contributed by atoms with Gasteiger partial charge in [0.05, 0.1) is 27.3 Å². The van der Waals surface area contributed by atoms with Crippen LogP contribution in [0.4, 0.5) is 5.13 Å². The van der Waals surface area contributed by atoms with Crippen molar-refractivity contribution < 1.29 is 17.1 Å². The smallest absolute Gasteiger partial charge is 0.390 e. The Balaban J connectivity index is 0.00000112. The van der Waals surface area contributed by atoms with Gasteiger partial charge >= 0.3 is 9.93 Å². The molecule has 1 aromatic rings. The maximum Gasteiger partial charge on any atom is 0.390 e. The molecular weight excluding hydrogens is 254 g/mol. The highest BCUT2D eigenvalue weighted by molar-refractivity contribution is 7.69. The lowest BCUT2D eigenvalue weighted by molar-refractivity contribution is -0.00000363. The molecule has 1 aliphatic heterocycles. The first kappa shape index (κ1) is 12.9. The number of aromatic nitrogens is 1. The quantitative estimate of drug-likeness (QED) is 0.403. The predicted molar refractivity (Wildman–Crippen MR) is 60.1 cm³/mol. The fourth-order valence-corrected chi connectivity index (χ4v) is 3.57. The summed E-state index contributed by atoms with van der Waals surface area (Å²) in [5, 5.41) is 1.13. The van der Waals surface area contributed by atoms with Crippen molar-refractivity contribution in [1.29, 1.82) is 0 Å². The summed E-state index contributed by atoms with van der Waals surface area (Å²) in [7, 11) is 7.51. The molecule has 0 atom stereocenters. The van der Waals surface area contributed by atoms with Crippen molar-refractivity contribution in [1.82, 2.24) is 9.56 Å². The highest BCUT2D eigenvalue weighted by atomic mass is 35.5. The number of nitrogens with zero attached hydrogens (tertiary/aromatic N) is 3. The molecule has 0 saturated carbocycles. The van der Waals surface area contributed by atoms with Gasteiger partial charge in [-0.1, -0.05) is 0 Å². The second-order valence-corrected chi connectivity index (χ2v) is 5.40. The van der Waals surface area contributed by atoms with Crippen LogP contribution in [0.25, 0.3) is 0 Å². The minimum absolute atomic E-state index is 0. The molecule has 0 radical (unpaired) electrons. The highest BCUT2D eigenvalue weighted by Gasteiger charge is 2.18. The Morgan fingerprint density at radius 3 is 2.47 bits per heavy atom. The summed E-state index contributed by atoms with van der Waals surface area (Å²) in [5.74, 6) is 0. The largest absolute Gasteiger partial charge is 1.00 e. The lowest BCUT2D eigenvalue weighted by atomic mass is 10.5. The summed E-state index contributed by atoms with van der Waals surface area (Å²) in [6.07, 6.45) is 0. The van der Waals surface area contributed by atoms with Gasteiger partial charge in [0.15, 0.2) is 0 Å². The fourth-order valence-electron chi connectivity index (χ4n) is 1.25. The monoisotopic (exact) mass is 267 g/mol. The Labute approximate surface area is 103 Å². The maximum atomic E-state index is 5.30. The molecule has 1 saturated heterocycles. The average molecular weight is 268 g/mol. The van der Waals surface area contributed by atoms with Crippen molar-refractivity contribution >= 4 is 25.8 Å². The zero-order valence-corrected chi connectivity index (χ0v) is 11.2. The lowest BCUT2D eigenvalue weighted by Gasteiger charge is -2.23. The zero-order valence-electron chi connectivity index (χ0n) is 8.77. The number of anilines is 1. The van der Waals surface area contributed by atoms with E-state index in [0.29, 0.717) is 0 Å². The minimum Gasteiger partial charge on any atom is -1.00 e. The first-order valence-corrected chi connectivity index (χ1v) is 6.72. The third-order valence-corrected chi connectivity index (χ3v) is 4.38. The van der Waals surface area contributed by atoms with Crippen LogP contribution in [0.5, 0.6) is 0 Å². The molecular formula is C8H14ClN3OS2. The normalized spacial score (nSPS) is 16.0. The van der Waals surface area contributed by atoms with Crippen LogP contribution in [-0.4, -0.2) is 45.4 Å². The summed E-state index contributed by atoms with van der Waals surface area (Å²) in [6.45, 7) is 3.57. The molecule has 2 rings (SSSR count). The van der Waals surface area contributed by atoms with Crippen molar-refractivity contribution in [3.8, 4) is 0 Å². The number of ether oxygens (including phenoxy) is 1. The number of hydrogen-bond donors (Lipinski definition) is 0. The second-order valence-electron chi connectivity index (χ2n) is 3.34. The molecule has 4 nitrogen and oxygen atoms in total. The van der Waals surface area contributed by atoms with Gasteiger partial charge in [0.25, 0.3) is 0 Å². The van der Waals surface area contributed by atoms with E-state index in [1.165, 1.54) is 0 Å². The molecule has 7 heteroatoms. The van der Waals surface area contributed by atoms with Crippen molar-refractivity contribution in [3.63, 3.8) is 0 Å². The summed E-state index contributed by atoms with van der Waals surface area (Å²) >= 11 is 0. The van der Waals surface area contributed by atoms with Gasteiger partial charge in [-0.2, -0.15) is 0 Å². The van der Waals surface area contributed by atoms with E-state index < -0.39 is 0 Å². The standard InChI is InChI=1S/C8H14N3OS2.ClH/c1-10(2)7-9-8(14-13-7)11-3-5-12-6-4-11;/h3-6H2,1-2H3;1H/q+1;/p-1. The second kappa shape index (κ2) is 5.79. The first-order chi connectivity index (χ1) is 6.77. The molecule has 1 aromatic heterocycles. The molecule has 0 aliphatic carbocycles. The highest BCUT2D eigenvalue weighted by Crippen LogP contribution is 2.19. The van der Waals surface area contributed by atoms with Crippen LogP contribution in [0.3, 0.4) is 0 Å². The van der Waals surface area contributed by atoms with E-state index in [0.717, 1.165) is 36.2 Å². The molecule has 0 N–H and O–H groups in total. The zero-order chi connectivity index (χ0) is 9.97. The molecule has 0 bridgehead atoms. The van der Waals surface area contributed by atoms with E-state index in [2.05, 4.69) is 9.88 Å². The Kier molecular flexibility index (Phi) is 4.98. The summed E-state index contributed by atoms with van der Waals surface area (Å²) in [6, 6.07) is 0.